The molecule has 8 heteroatoms. The first-order valence-electron chi connectivity index (χ1n) is 12.6. The van der Waals surface area contributed by atoms with Gasteiger partial charge in [0, 0.05) is 46.1 Å². The minimum Gasteiger partial charge on any atom is -0.360 e. The lowest BCUT2D eigenvalue weighted by molar-refractivity contribution is 0.0213. The number of imide groups is 2. The molecule has 2 aliphatic rings. The molecule has 1 N–H and O–H groups in total. The molecule has 4 aromatic carbocycles. The Morgan fingerprint density at radius 1 is 0.579 bits per heavy atom. The Morgan fingerprint density at radius 3 is 1.50 bits per heavy atom. The second-order valence-electron chi connectivity index (χ2n) is 9.36. The van der Waals surface area contributed by atoms with Crippen molar-refractivity contribution < 1.29 is 23.9 Å². The number of carbonyl (C=O) groups excluding carboxylic acids is 4. The molecule has 2 aliphatic heterocycles. The largest absolute Gasteiger partial charge is 0.360 e. The standard InChI is InChI=1S/C30H25N3O5/c34-27-21-10-1-6-19-7-2-11-22(25(19)21)28(35)32(27)16-15-31-14-5-17-38-18-33-29(36)23-12-3-8-20-9-4-13-24(26(20)23)30(33)37/h1-4,6-13,31H,5,14-18H2. The van der Waals surface area contributed by atoms with Gasteiger partial charge in [-0.05, 0) is 48.0 Å². The van der Waals surface area contributed by atoms with Gasteiger partial charge in [0.25, 0.3) is 23.6 Å². The fourth-order valence-electron chi connectivity index (χ4n) is 5.25. The second-order valence-corrected chi connectivity index (χ2v) is 9.36. The van der Waals surface area contributed by atoms with Crippen LogP contribution < -0.4 is 5.32 Å². The lowest BCUT2D eigenvalue weighted by atomic mass is 9.94. The Hall–Kier alpha value is -4.40. The summed E-state index contributed by atoms with van der Waals surface area (Å²) in [7, 11) is 0. The van der Waals surface area contributed by atoms with Crippen LogP contribution in [0.2, 0.25) is 0 Å². The number of hydrogen-bond donors (Lipinski definition) is 1. The smallest absolute Gasteiger partial charge is 0.263 e. The van der Waals surface area contributed by atoms with Crippen molar-refractivity contribution in [2.24, 2.45) is 0 Å². The molecule has 0 radical (unpaired) electrons. The molecule has 8 nitrogen and oxygen atoms in total. The average molecular weight is 508 g/mol. The van der Waals surface area contributed by atoms with Gasteiger partial charge in [0.1, 0.15) is 6.73 Å². The highest BCUT2D eigenvalue weighted by atomic mass is 16.5. The van der Waals surface area contributed by atoms with Crippen molar-refractivity contribution in [3.8, 4) is 0 Å². The number of ether oxygens (including phenoxy) is 1. The first kappa shape index (κ1) is 24.0. The minimum absolute atomic E-state index is 0.121. The summed E-state index contributed by atoms with van der Waals surface area (Å²) in [6, 6.07) is 21.8. The van der Waals surface area contributed by atoms with Gasteiger partial charge in [-0.3, -0.25) is 29.0 Å². The molecule has 0 fully saturated rings. The maximum Gasteiger partial charge on any atom is 0.263 e. The van der Waals surface area contributed by atoms with Crippen molar-refractivity contribution in [3.05, 3.63) is 95.1 Å². The molecule has 38 heavy (non-hydrogen) atoms. The summed E-state index contributed by atoms with van der Waals surface area (Å²) in [5.74, 6) is -1.27. The normalized spacial score (nSPS) is 14.7. The lowest BCUT2D eigenvalue weighted by Gasteiger charge is -2.27. The van der Waals surface area contributed by atoms with Crippen LogP contribution in [-0.4, -0.2) is 66.4 Å². The summed E-state index contributed by atoms with van der Waals surface area (Å²) < 4.78 is 5.65. The van der Waals surface area contributed by atoms with Crippen molar-refractivity contribution >= 4 is 45.2 Å². The van der Waals surface area contributed by atoms with Crippen LogP contribution in [-0.2, 0) is 4.74 Å². The zero-order chi connectivity index (χ0) is 26.2. The Kier molecular flexibility index (Phi) is 6.19. The molecule has 0 spiro atoms. The summed E-state index contributed by atoms with van der Waals surface area (Å²) in [4.78, 5) is 54.2. The van der Waals surface area contributed by atoms with Gasteiger partial charge in [-0.25, -0.2) is 0 Å². The lowest BCUT2D eigenvalue weighted by Crippen LogP contribution is -2.44. The summed E-state index contributed by atoms with van der Waals surface area (Å²) in [6.45, 7) is 1.51. The van der Waals surface area contributed by atoms with E-state index in [0.717, 1.165) is 21.1 Å². The maximum atomic E-state index is 13.0. The molecule has 0 atom stereocenters. The molecule has 4 aromatic rings. The van der Waals surface area contributed by atoms with E-state index in [4.69, 9.17) is 4.74 Å². The Bertz CT molecular complexity index is 1410. The monoisotopic (exact) mass is 507 g/mol. The zero-order valence-electron chi connectivity index (χ0n) is 20.6. The third kappa shape index (κ3) is 3.95. The number of nitrogens with zero attached hydrogens (tertiary/aromatic N) is 2. The molecule has 4 amide bonds. The van der Waals surface area contributed by atoms with Gasteiger partial charge in [-0.15, -0.1) is 0 Å². The van der Waals surface area contributed by atoms with Crippen molar-refractivity contribution in [1.82, 2.24) is 15.1 Å². The Balaban J connectivity index is 0.973. The first-order valence-corrected chi connectivity index (χ1v) is 12.6. The zero-order valence-corrected chi connectivity index (χ0v) is 20.6. The molecule has 0 aromatic heterocycles. The van der Waals surface area contributed by atoms with Gasteiger partial charge in [-0.2, -0.15) is 0 Å². The Labute approximate surface area is 218 Å². The van der Waals surface area contributed by atoms with Gasteiger partial charge in [0.15, 0.2) is 0 Å². The molecule has 0 aliphatic carbocycles. The van der Waals surface area contributed by atoms with E-state index >= 15 is 0 Å². The molecular formula is C30H25N3O5. The van der Waals surface area contributed by atoms with E-state index in [1.807, 2.05) is 48.5 Å². The predicted molar refractivity (Wildman–Crippen MR) is 142 cm³/mol. The molecule has 2 heterocycles. The molecule has 6 rings (SSSR count). The summed E-state index contributed by atoms with van der Waals surface area (Å²) in [5, 5.41) is 6.39. The molecule has 0 unspecified atom stereocenters. The van der Waals surface area contributed by atoms with Gasteiger partial charge in [0.05, 0.1) is 6.61 Å². The van der Waals surface area contributed by atoms with Crippen molar-refractivity contribution in [1.29, 1.82) is 0 Å². The number of rotatable bonds is 9. The Morgan fingerprint density at radius 2 is 1.03 bits per heavy atom. The van der Waals surface area contributed by atoms with Crippen molar-refractivity contribution in [3.63, 3.8) is 0 Å². The van der Waals surface area contributed by atoms with E-state index in [9.17, 15) is 19.2 Å². The van der Waals surface area contributed by atoms with Crippen LogP contribution in [0.4, 0.5) is 0 Å². The number of amides is 4. The fourth-order valence-corrected chi connectivity index (χ4v) is 5.25. The van der Waals surface area contributed by atoms with Crippen LogP contribution in [0.5, 0.6) is 0 Å². The van der Waals surface area contributed by atoms with E-state index < -0.39 is 0 Å². The molecule has 0 saturated carbocycles. The topological polar surface area (TPSA) is 96.0 Å². The number of hydrogen-bond acceptors (Lipinski definition) is 6. The van der Waals surface area contributed by atoms with E-state index in [-0.39, 0.29) is 36.9 Å². The van der Waals surface area contributed by atoms with Crippen LogP contribution in [0.3, 0.4) is 0 Å². The summed E-state index contributed by atoms with van der Waals surface area (Å²) in [6.07, 6.45) is 0.631. The fraction of sp³-hybridized carbons (Fsp3) is 0.200. The third-order valence-electron chi connectivity index (χ3n) is 7.09. The molecular weight excluding hydrogens is 482 g/mol. The van der Waals surface area contributed by atoms with E-state index in [2.05, 4.69) is 5.32 Å². The van der Waals surface area contributed by atoms with E-state index in [1.54, 1.807) is 24.3 Å². The summed E-state index contributed by atoms with van der Waals surface area (Å²) in [5.41, 5.74) is 2.10. The maximum absolute atomic E-state index is 13.0. The van der Waals surface area contributed by atoms with Crippen LogP contribution in [0, 0.1) is 0 Å². The van der Waals surface area contributed by atoms with Gasteiger partial charge in [0.2, 0.25) is 0 Å². The quantitative estimate of drug-likeness (QED) is 0.273. The number of carbonyl (C=O) groups is 4. The highest BCUT2D eigenvalue weighted by molar-refractivity contribution is 6.26. The van der Waals surface area contributed by atoms with Gasteiger partial charge in [-0.1, -0.05) is 48.5 Å². The molecule has 190 valence electrons. The SMILES string of the molecule is O=C1c2cccc3cccc(c23)C(=O)N1CCNCCCOCN1C(=O)c2cccc3cccc(c23)C1=O. The highest BCUT2D eigenvalue weighted by Gasteiger charge is 2.33. The second kappa shape index (κ2) is 9.81. The third-order valence-corrected chi connectivity index (χ3v) is 7.09. The van der Waals surface area contributed by atoms with Gasteiger partial charge < -0.3 is 10.1 Å². The van der Waals surface area contributed by atoms with Crippen molar-refractivity contribution in [2.75, 3.05) is 33.0 Å². The molecule has 0 bridgehead atoms. The van der Waals surface area contributed by atoms with Crippen LogP contribution in [0.15, 0.2) is 72.8 Å². The average Bonchev–Trinajstić information content (AvgIpc) is 2.94. The van der Waals surface area contributed by atoms with Crippen LogP contribution in [0.25, 0.3) is 21.5 Å². The molecule has 0 saturated heterocycles. The van der Waals surface area contributed by atoms with E-state index in [0.29, 0.717) is 53.8 Å². The van der Waals surface area contributed by atoms with E-state index in [1.165, 1.54) is 4.90 Å². The van der Waals surface area contributed by atoms with Crippen molar-refractivity contribution in [2.45, 2.75) is 6.42 Å². The minimum atomic E-state index is -0.356. The van der Waals surface area contributed by atoms with Crippen LogP contribution in [0.1, 0.15) is 47.9 Å². The highest BCUT2D eigenvalue weighted by Crippen LogP contribution is 2.31. The first-order chi connectivity index (χ1) is 18.6. The predicted octanol–water partition coefficient (Wildman–Crippen LogP) is 3.84. The number of benzene rings is 4. The van der Waals surface area contributed by atoms with Crippen LogP contribution >= 0.6 is 0 Å². The number of nitrogens with one attached hydrogen (secondary N) is 1. The summed E-state index contributed by atoms with van der Waals surface area (Å²) >= 11 is 0. The van der Waals surface area contributed by atoms with Gasteiger partial charge >= 0.3 is 0 Å².